The van der Waals surface area contributed by atoms with Crippen LogP contribution in [0.4, 0.5) is 0 Å². The van der Waals surface area contributed by atoms with E-state index >= 15 is 0 Å². The number of hydrogen-bond acceptors (Lipinski definition) is 4. The normalized spacial score (nSPS) is 10.6. The minimum atomic E-state index is -0.290. The van der Waals surface area contributed by atoms with Gasteiger partial charge >= 0.3 is 0 Å². The van der Waals surface area contributed by atoms with Gasteiger partial charge in [0.2, 0.25) is 0 Å². The molecule has 2 aromatic carbocycles. The van der Waals surface area contributed by atoms with Gasteiger partial charge in [0, 0.05) is 23.5 Å². The predicted molar refractivity (Wildman–Crippen MR) is 96.5 cm³/mol. The molecule has 124 valence electrons. The average Bonchev–Trinajstić information content (AvgIpc) is 2.68. The number of aromatic nitrogens is 1. The third kappa shape index (κ3) is 4.75. The number of nitrogens with one attached hydrogen (secondary N) is 1. The lowest BCUT2D eigenvalue weighted by atomic mass is 10.2. The molecule has 25 heavy (non-hydrogen) atoms. The first kappa shape index (κ1) is 16.4. The Balaban J connectivity index is 1.63. The van der Waals surface area contributed by atoms with Crippen molar-refractivity contribution < 1.29 is 9.53 Å². The van der Waals surface area contributed by atoms with Crippen LogP contribution in [0, 0.1) is 0 Å². The molecule has 1 amide bonds. The van der Waals surface area contributed by atoms with Gasteiger partial charge in [0.1, 0.15) is 12.4 Å². The monoisotopic (exact) mass is 331 g/mol. The second kappa shape index (κ2) is 8.40. The maximum atomic E-state index is 11.9. The molecule has 0 atom stereocenters. The van der Waals surface area contributed by atoms with Gasteiger partial charge in [-0.3, -0.25) is 9.78 Å². The first-order valence-corrected chi connectivity index (χ1v) is 7.82. The Morgan fingerprint density at radius 1 is 1.00 bits per heavy atom. The molecule has 0 aliphatic carbocycles. The molecule has 0 bridgehead atoms. The zero-order chi connectivity index (χ0) is 17.3. The molecule has 0 aliphatic rings. The molecule has 0 saturated carbocycles. The fraction of sp³-hybridized carbons (Fsp3) is 0.0500. The third-order valence-electron chi connectivity index (χ3n) is 3.47. The van der Waals surface area contributed by atoms with E-state index in [9.17, 15) is 4.79 Å². The van der Waals surface area contributed by atoms with Crippen molar-refractivity contribution in [3.8, 4) is 5.75 Å². The molecule has 1 heterocycles. The lowest BCUT2D eigenvalue weighted by Gasteiger charge is -2.09. The van der Waals surface area contributed by atoms with Gasteiger partial charge in [0.25, 0.3) is 5.91 Å². The number of rotatable bonds is 6. The Kier molecular flexibility index (Phi) is 5.51. The highest BCUT2D eigenvalue weighted by molar-refractivity contribution is 5.94. The van der Waals surface area contributed by atoms with Crippen LogP contribution in [0.2, 0.25) is 0 Å². The first-order valence-electron chi connectivity index (χ1n) is 7.82. The number of para-hydroxylation sites is 1. The minimum Gasteiger partial charge on any atom is -0.488 e. The Morgan fingerprint density at radius 2 is 1.72 bits per heavy atom. The van der Waals surface area contributed by atoms with E-state index in [0.29, 0.717) is 17.9 Å². The molecule has 0 unspecified atom stereocenters. The maximum absolute atomic E-state index is 11.9. The number of hydrogen-bond donors (Lipinski definition) is 1. The number of benzene rings is 2. The molecule has 1 aromatic heterocycles. The van der Waals surface area contributed by atoms with E-state index in [-0.39, 0.29) is 5.91 Å². The summed E-state index contributed by atoms with van der Waals surface area (Å²) in [6, 6.07) is 20.7. The van der Waals surface area contributed by atoms with Crippen LogP contribution in [-0.2, 0) is 6.61 Å². The van der Waals surface area contributed by atoms with Crippen molar-refractivity contribution in [1.82, 2.24) is 10.4 Å². The summed E-state index contributed by atoms with van der Waals surface area (Å²) in [7, 11) is 0. The summed E-state index contributed by atoms with van der Waals surface area (Å²) in [5.74, 6) is 0.412. The lowest BCUT2D eigenvalue weighted by Crippen LogP contribution is -2.17. The summed E-state index contributed by atoms with van der Waals surface area (Å²) in [4.78, 5) is 15.8. The Morgan fingerprint density at radius 3 is 2.52 bits per heavy atom. The van der Waals surface area contributed by atoms with Crippen LogP contribution >= 0.6 is 0 Å². The van der Waals surface area contributed by atoms with Gasteiger partial charge in [-0.1, -0.05) is 42.5 Å². The molecule has 3 rings (SSSR count). The summed E-state index contributed by atoms with van der Waals surface area (Å²) in [5.41, 5.74) is 4.87. The number of carbonyl (C=O) groups excluding carboxylic acids is 1. The van der Waals surface area contributed by atoms with Crippen LogP contribution in [-0.4, -0.2) is 17.1 Å². The van der Waals surface area contributed by atoms with Gasteiger partial charge in [-0.25, -0.2) is 5.43 Å². The number of nitrogens with zero attached hydrogens (tertiary/aromatic N) is 2. The molecule has 3 aromatic rings. The fourth-order valence-electron chi connectivity index (χ4n) is 2.18. The number of hydrazone groups is 1. The van der Waals surface area contributed by atoms with E-state index in [4.69, 9.17) is 4.74 Å². The van der Waals surface area contributed by atoms with Crippen LogP contribution in [0.25, 0.3) is 0 Å². The molecule has 0 fully saturated rings. The van der Waals surface area contributed by atoms with Gasteiger partial charge < -0.3 is 4.74 Å². The molecule has 0 aliphatic heterocycles. The number of pyridine rings is 1. The van der Waals surface area contributed by atoms with E-state index in [2.05, 4.69) is 15.5 Å². The van der Waals surface area contributed by atoms with Crippen LogP contribution in [0.3, 0.4) is 0 Å². The van der Waals surface area contributed by atoms with Crippen molar-refractivity contribution in [3.63, 3.8) is 0 Å². The molecule has 5 heteroatoms. The van der Waals surface area contributed by atoms with Crippen LogP contribution in [0.5, 0.6) is 5.75 Å². The largest absolute Gasteiger partial charge is 0.488 e. The average molecular weight is 331 g/mol. The number of carbonyl (C=O) groups is 1. The second-order valence-corrected chi connectivity index (χ2v) is 5.25. The van der Waals surface area contributed by atoms with E-state index in [0.717, 1.165) is 11.1 Å². The third-order valence-corrected chi connectivity index (χ3v) is 3.47. The van der Waals surface area contributed by atoms with Crippen LogP contribution in [0.1, 0.15) is 21.5 Å². The molecule has 0 spiro atoms. The molecular formula is C20H17N3O2. The van der Waals surface area contributed by atoms with Gasteiger partial charge in [0.05, 0.1) is 6.21 Å². The molecular weight excluding hydrogens is 314 g/mol. The predicted octanol–water partition coefficient (Wildman–Crippen LogP) is 3.42. The van der Waals surface area contributed by atoms with Gasteiger partial charge in [-0.15, -0.1) is 0 Å². The highest BCUT2D eigenvalue weighted by Crippen LogP contribution is 2.17. The van der Waals surface area contributed by atoms with Gasteiger partial charge in [-0.05, 0) is 29.8 Å². The Labute approximate surface area is 146 Å². The van der Waals surface area contributed by atoms with Crippen molar-refractivity contribution in [2.45, 2.75) is 6.61 Å². The minimum absolute atomic E-state index is 0.290. The molecule has 5 nitrogen and oxygen atoms in total. The van der Waals surface area contributed by atoms with E-state index < -0.39 is 0 Å². The summed E-state index contributed by atoms with van der Waals surface area (Å²) in [6.45, 7) is 0.467. The highest BCUT2D eigenvalue weighted by Gasteiger charge is 2.04. The van der Waals surface area contributed by atoms with Crippen molar-refractivity contribution in [3.05, 3.63) is 95.8 Å². The summed E-state index contributed by atoms with van der Waals surface area (Å²) in [5, 5.41) is 4.01. The number of amides is 1. The molecule has 0 saturated heterocycles. The smallest absolute Gasteiger partial charge is 0.271 e. The quantitative estimate of drug-likeness (QED) is 0.556. The maximum Gasteiger partial charge on any atom is 0.271 e. The van der Waals surface area contributed by atoms with Crippen molar-refractivity contribution >= 4 is 12.1 Å². The Bertz CT molecular complexity index is 849. The molecule has 1 N–H and O–H groups in total. The summed E-state index contributed by atoms with van der Waals surface area (Å²) < 4.78 is 5.85. The van der Waals surface area contributed by atoms with Crippen molar-refractivity contribution in [2.75, 3.05) is 0 Å². The van der Waals surface area contributed by atoms with Gasteiger partial charge in [0.15, 0.2) is 0 Å². The first-order chi connectivity index (χ1) is 12.3. The van der Waals surface area contributed by atoms with E-state index in [1.165, 1.54) is 0 Å². The zero-order valence-electron chi connectivity index (χ0n) is 13.5. The van der Waals surface area contributed by atoms with E-state index in [1.54, 1.807) is 30.7 Å². The SMILES string of the molecule is O=C(N/N=C\c1ccccc1OCc1ccccc1)c1ccncc1. The zero-order valence-corrected chi connectivity index (χ0v) is 13.5. The lowest BCUT2D eigenvalue weighted by molar-refractivity contribution is 0.0955. The summed E-state index contributed by atoms with van der Waals surface area (Å²) >= 11 is 0. The fourth-order valence-corrected chi connectivity index (χ4v) is 2.18. The van der Waals surface area contributed by atoms with Gasteiger partial charge in [-0.2, -0.15) is 5.10 Å². The van der Waals surface area contributed by atoms with Crippen LogP contribution in [0.15, 0.2) is 84.2 Å². The Hall–Kier alpha value is -3.47. The van der Waals surface area contributed by atoms with Crippen LogP contribution < -0.4 is 10.2 Å². The van der Waals surface area contributed by atoms with Crippen molar-refractivity contribution in [1.29, 1.82) is 0 Å². The molecule has 0 radical (unpaired) electrons. The second-order valence-electron chi connectivity index (χ2n) is 5.25. The highest BCUT2D eigenvalue weighted by atomic mass is 16.5. The van der Waals surface area contributed by atoms with Crippen molar-refractivity contribution in [2.24, 2.45) is 5.10 Å². The number of ether oxygens (including phenoxy) is 1. The summed E-state index contributed by atoms with van der Waals surface area (Å²) in [6.07, 6.45) is 4.69. The standard InChI is InChI=1S/C20H17N3O2/c24-20(17-10-12-21-13-11-17)23-22-14-18-8-4-5-9-19(18)25-15-16-6-2-1-3-7-16/h1-14H,15H2,(H,23,24)/b22-14-. The van der Waals surface area contributed by atoms with E-state index in [1.807, 2.05) is 54.6 Å². The topological polar surface area (TPSA) is 63.6 Å².